The van der Waals surface area contributed by atoms with Gasteiger partial charge in [-0.1, -0.05) is 36.4 Å². The lowest BCUT2D eigenvalue weighted by molar-refractivity contribution is -0.128. The van der Waals surface area contributed by atoms with E-state index in [2.05, 4.69) is 34.1 Å². The number of anilines is 1. The number of rotatable bonds is 5. The summed E-state index contributed by atoms with van der Waals surface area (Å²) in [4.78, 5) is 32.2. The molecule has 3 heterocycles. The molecule has 0 saturated carbocycles. The first-order valence-corrected chi connectivity index (χ1v) is 11.1. The van der Waals surface area contributed by atoms with Crippen molar-refractivity contribution in [1.82, 2.24) is 14.4 Å². The van der Waals surface area contributed by atoms with Gasteiger partial charge in [0.2, 0.25) is 5.91 Å². The minimum absolute atomic E-state index is 0.0808. The minimum atomic E-state index is -0.154. The van der Waals surface area contributed by atoms with Gasteiger partial charge in [-0.2, -0.15) is 0 Å². The number of aryl methyl sites for hydroxylation is 1. The number of piperazine rings is 1. The van der Waals surface area contributed by atoms with Gasteiger partial charge in [-0.3, -0.25) is 19.4 Å². The number of benzene rings is 2. The Morgan fingerprint density at radius 2 is 1.55 bits per heavy atom. The second-order valence-electron chi connectivity index (χ2n) is 8.45. The molecule has 2 aromatic carbocycles. The molecule has 0 bridgehead atoms. The van der Waals surface area contributed by atoms with E-state index in [4.69, 9.17) is 0 Å². The Kier molecular flexibility index (Phi) is 5.24. The summed E-state index contributed by atoms with van der Waals surface area (Å²) in [5.74, 6) is -0.235. The van der Waals surface area contributed by atoms with Crippen LogP contribution in [-0.2, 0) is 18.3 Å². The van der Waals surface area contributed by atoms with Crippen LogP contribution in [0.1, 0.15) is 22.5 Å². The topological polar surface area (TPSA) is 48.8 Å². The maximum Gasteiger partial charge on any atom is 0.277 e. The van der Waals surface area contributed by atoms with Crippen LogP contribution in [0.4, 0.5) is 5.69 Å². The predicted octanol–water partition coefficient (Wildman–Crippen LogP) is 2.92. The largest absolute Gasteiger partial charge is 0.369 e. The number of nitrogens with zero attached hydrogens (tertiary/aromatic N) is 4. The van der Waals surface area contributed by atoms with Gasteiger partial charge >= 0.3 is 0 Å². The molecule has 0 radical (unpaired) electrons. The summed E-state index contributed by atoms with van der Waals surface area (Å²) in [5.41, 5.74) is 3.82. The lowest BCUT2D eigenvalue weighted by atomic mass is 10.0. The van der Waals surface area contributed by atoms with E-state index in [0.717, 1.165) is 55.6 Å². The zero-order valence-electron chi connectivity index (χ0n) is 18.0. The molecule has 6 heteroatoms. The fourth-order valence-corrected chi connectivity index (χ4v) is 4.96. The highest BCUT2D eigenvalue weighted by molar-refractivity contribution is 6.13. The van der Waals surface area contributed by atoms with Crippen LogP contribution in [-0.4, -0.2) is 65.4 Å². The Morgan fingerprint density at radius 1 is 0.839 bits per heavy atom. The van der Waals surface area contributed by atoms with E-state index in [-0.39, 0.29) is 11.8 Å². The molecular formula is C25H28N4O2. The maximum atomic E-state index is 13.2. The zero-order chi connectivity index (χ0) is 21.4. The third kappa shape index (κ3) is 3.61. The molecule has 2 aliphatic heterocycles. The van der Waals surface area contributed by atoms with Gasteiger partial charge in [0.15, 0.2) is 0 Å². The van der Waals surface area contributed by atoms with Crippen molar-refractivity contribution in [3.8, 4) is 0 Å². The van der Waals surface area contributed by atoms with Crippen LogP contribution in [0.25, 0.3) is 10.9 Å². The van der Waals surface area contributed by atoms with Gasteiger partial charge in [-0.15, -0.1) is 0 Å². The van der Waals surface area contributed by atoms with Gasteiger partial charge in [-0.25, -0.2) is 0 Å². The van der Waals surface area contributed by atoms with E-state index in [1.54, 1.807) is 0 Å². The molecule has 160 valence electrons. The number of carbonyl (C=O) groups is 2. The monoisotopic (exact) mass is 416 g/mol. The molecule has 0 atom stereocenters. The highest BCUT2D eigenvalue weighted by Crippen LogP contribution is 2.30. The van der Waals surface area contributed by atoms with Crippen molar-refractivity contribution in [1.29, 1.82) is 0 Å². The molecule has 0 N–H and O–H groups in total. The Labute approximate surface area is 182 Å². The van der Waals surface area contributed by atoms with E-state index >= 15 is 0 Å². The number of amides is 2. The standard InChI is InChI=1S/C25H28N4O2/c1-26-22-11-6-5-10-20(22)21-18-23(30)29(25(31)24(21)26)13-7-12-27-14-16-28(17-15-27)19-8-3-2-4-9-19/h2-6,8-11H,7,12-18H2,1H3. The zero-order valence-corrected chi connectivity index (χ0v) is 18.0. The number of fused-ring (bicyclic) bond motifs is 3. The van der Waals surface area contributed by atoms with Crippen LogP contribution >= 0.6 is 0 Å². The predicted molar refractivity (Wildman–Crippen MR) is 122 cm³/mol. The van der Waals surface area contributed by atoms with E-state index in [0.29, 0.717) is 18.7 Å². The third-order valence-electron chi connectivity index (χ3n) is 6.64. The quantitative estimate of drug-likeness (QED) is 0.600. The van der Waals surface area contributed by atoms with Crippen molar-refractivity contribution in [3.63, 3.8) is 0 Å². The van der Waals surface area contributed by atoms with Crippen LogP contribution in [0.3, 0.4) is 0 Å². The Bertz CT molecular complexity index is 1110. The highest BCUT2D eigenvalue weighted by Gasteiger charge is 2.35. The molecule has 0 unspecified atom stereocenters. The summed E-state index contributed by atoms with van der Waals surface area (Å²) >= 11 is 0. The van der Waals surface area contributed by atoms with Gasteiger partial charge in [0.1, 0.15) is 5.69 Å². The number of imide groups is 1. The Balaban J connectivity index is 1.19. The van der Waals surface area contributed by atoms with Gasteiger partial charge in [0.05, 0.1) is 6.42 Å². The van der Waals surface area contributed by atoms with E-state index in [9.17, 15) is 9.59 Å². The summed E-state index contributed by atoms with van der Waals surface area (Å²) in [6.45, 7) is 5.41. The average Bonchev–Trinajstić information content (AvgIpc) is 3.09. The average molecular weight is 417 g/mol. The minimum Gasteiger partial charge on any atom is -0.369 e. The molecule has 0 spiro atoms. The molecule has 3 aromatic rings. The Morgan fingerprint density at radius 3 is 2.32 bits per heavy atom. The molecule has 2 aliphatic rings. The normalized spacial score (nSPS) is 17.5. The van der Waals surface area contributed by atoms with Crippen molar-refractivity contribution in [2.75, 3.05) is 44.2 Å². The molecule has 1 fully saturated rings. The Hall–Kier alpha value is -3.12. The molecular weight excluding hydrogens is 388 g/mol. The molecule has 5 rings (SSSR count). The van der Waals surface area contributed by atoms with E-state index in [1.807, 2.05) is 41.9 Å². The van der Waals surface area contributed by atoms with Crippen molar-refractivity contribution >= 4 is 28.4 Å². The molecule has 0 aliphatic carbocycles. The fraction of sp³-hybridized carbons (Fsp3) is 0.360. The van der Waals surface area contributed by atoms with Crippen molar-refractivity contribution in [3.05, 3.63) is 65.9 Å². The second-order valence-corrected chi connectivity index (χ2v) is 8.45. The number of carbonyl (C=O) groups excluding carboxylic acids is 2. The third-order valence-corrected chi connectivity index (χ3v) is 6.64. The molecule has 1 aromatic heterocycles. The van der Waals surface area contributed by atoms with Crippen LogP contribution in [0.15, 0.2) is 54.6 Å². The van der Waals surface area contributed by atoms with E-state index in [1.165, 1.54) is 10.6 Å². The fourth-order valence-electron chi connectivity index (χ4n) is 4.96. The number of hydrogen-bond acceptors (Lipinski definition) is 4. The number of aromatic nitrogens is 1. The smallest absolute Gasteiger partial charge is 0.277 e. The van der Waals surface area contributed by atoms with Crippen molar-refractivity contribution in [2.24, 2.45) is 7.05 Å². The first-order chi connectivity index (χ1) is 15.1. The molecule has 31 heavy (non-hydrogen) atoms. The molecule has 1 saturated heterocycles. The van der Waals surface area contributed by atoms with Crippen molar-refractivity contribution < 1.29 is 9.59 Å². The van der Waals surface area contributed by atoms with Crippen LogP contribution in [0, 0.1) is 0 Å². The van der Waals surface area contributed by atoms with Crippen LogP contribution < -0.4 is 4.90 Å². The first-order valence-electron chi connectivity index (χ1n) is 11.1. The summed E-state index contributed by atoms with van der Waals surface area (Å²) in [7, 11) is 1.92. The lowest BCUT2D eigenvalue weighted by Crippen LogP contribution is -2.48. The van der Waals surface area contributed by atoms with Gasteiger partial charge in [0, 0.05) is 61.9 Å². The summed E-state index contributed by atoms with van der Waals surface area (Å²) < 4.78 is 1.94. The molecule has 2 amide bonds. The van der Waals surface area contributed by atoms with Gasteiger partial charge in [-0.05, 0) is 31.2 Å². The van der Waals surface area contributed by atoms with Crippen molar-refractivity contribution in [2.45, 2.75) is 12.8 Å². The summed E-state index contributed by atoms with van der Waals surface area (Å²) in [5, 5.41) is 1.01. The van der Waals surface area contributed by atoms with Gasteiger partial charge in [0.25, 0.3) is 5.91 Å². The SMILES string of the molecule is Cn1c2c(c3ccccc31)CC(=O)N(CCCN1CCN(c3ccccc3)CC1)C2=O. The summed E-state index contributed by atoms with van der Waals surface area (Å²) in [6.07, 6.45) is 1.11. The second kappa shape index (κ2) is 8.19. The highest BCUT2D eigenvalue weighted by atomic mass is 16.2. The lowest BCUT2D eigenvalue weighted by Gasteiger charge is -2.36. The van der Waals surface area contributed by atoms with Crippen LogP contribution in [0.5, 0.6) is 0 Å². The molecule has 6 nitrogen and oxygen atoms in total. The maximum absolute atomic E-state index is 13.2. The van der Waals surface area contributed by atoms with E-state index < -0.39 is 0 Å². The van der Waals surface area contributed by atoms with Crippen LogP contribution in [0.2, 0.25) is 0 Å². The number of para-hydroxylation sites is 2. The summed E-state index contributed by atoms with van der Waals surface area (Å²) in [6, 6.07) is 18.4. The van der Waals surface area contributed by atoms with Gasteiger partial charge < -0.3 is 9.47 Å². The number of hydrogen-bond donors (Lipinski definition) is 0. The first kappa shape index (κ1) is 19.8.